The fourth-order valence-electron chi connectivity index (χ4n) is 2.05. The minimum absolute atomic E-state index is 0.620. The molecular formula is C11H17N3. The summed E-state index contributed by atoms with van der Waals surface area (Å²) in [5, 5.41) is 0. The standard InChI is InChI=1S/C11H17N3/c1-9-3-2-6-14(9)8-10-4-5-13-11(12)7-10/h4-5,7,9H,2-3,6,8H2,1H3,(H2,12,13)/t9-/m0/s1. The fourth-order valence-corrected chi connectivity index (χ4v) is 2.05. The Labute approximate surface area is 84.9 Å². The Balaban J connectivity index is 2.03. The second kappa shape index (κ2) is 3.96. The van der Waals surface area contributed by atoms with Gasteiger partial charge in [-0.15, -0.1) is 0 Å². The summed E-state index contributed by atoms with van der Waals surface area (Å²) in [6.45, 7) is 4.51. The second-order valence-electron chi connectivity index (χ2n) is 4.05. The van der Waals surface area contributed by atoms with Gasteiger partial charge in [-0.1, -0.05) is 0 Å². The highest BCUT2D eigenvalue weighted by Crippen LogP contribution is 2.19. The van der Waals surface area contributed by atoms with Crippen molar-refractivity contribution in [1.82, 2.24) is 9.88 Å². The first-order chi connectivity index (χ1) is 6.75. The van der Waals surface area contributed by atoms with Crippen LogP contribution >= 0.6 is 0 Å². The number of aromatic nitrogens is 1. The maximum Gasteiger partial charge on any atom is 0.123 e. The maximum atomic E-state index is 5.64. The number of hydrogen-bond donors (Lipinski definition) is 1. The molecule has 1 aliphatic heterocycles. The molecule has 14 heavy (non-hydrogen) atoms. The van der Waals surface area contributed by atoms with E-state index in [2.05, 4.69) is 16.8 Å². The third-order valence-corrected chi connectivity index (χ3v) is 2.92. The van der Waals surface area contributed by atoms with Crippen LogP contribution in [0.4, 0.5) is 5.82 Å². The van der Waals surface area contributed by atoms with Crippen LogP contribution in [0.2, 0.25) is 0 Å². The predicted molar refractivity (Wildman–Crippen MR) is 57.8 cm³/mol. The van der Waals surface area contributed by atoms with Crippen molar-refractivity contribution in [2.24, 2.45) is 0 Å². The summed E-state index contributed by atoms with van der Waals surface area (Å²) in [5.74, 6) is 0.620. The van der Waals surface area contributed by atoms with Crippen molar-refractivity contribution in [2.75, 3.05) is 12.3 Å². The van der Waals surface area contributed by atoms with Crippen LogP contribution in [0.25, 0.3) is 0 Å². The van der Waals surface area contributed by atoms with Crippen LogP contribution in [0.1, 0.15) is 25.3 Å². The molecule has 2 rings (SSSR count). The minimum atomic E-state index is 0.620. The van der Waals surface area contributed by atoms with Crippen molar-refractivity contribution < 1.29 is 0 Å². The highest BCUT2D eigenvalue weighted by Gasteiger charge is 2.19. The van der Waals surface area contributed by atoms with Crippen molar-refractivity contribution in [2.45, 2.75) is 32.4 Å². The maximum absolute atomic E-state index is 5.64. The molecule has 3 nitrogen and oxygen atoms in total. The molecule has 0 amide bonds. The number of rotatable bonds is 2. The Morgan fingerprint density at radius 1 is 1.64 bits per heavy atom. The van der Waals surface area contributed by atoms with E-state index in [1.807, 2.05) is 12.1 Å². The van der Waals surface area contributed by atoms with Gasteiger partial charge in [-0.3, -0.25) is 4.90 Å². The van der Waals surface area contributed by atoms with Crippen LogP contribution in [0.3, 0.4) is 0 Å². The molecule has 0 aliphatic carbocycles. The van der Waals surface area contributed by atoms with Gasteiger partial charge >= 0.3 is 0 Å². The lowest BCUT2D eigenvalue weighted by Crippen LogP contribution is -2.26. The van der Waals surface area contributed by atoms with E-state index in [4.69, 9.17) is 5.73 Å². The van der Waals surface area contributed by atoms with E-state index in [0.717, 1.165) is 6.54 Å². The minimum Gasteiger partial charge on any atom is -0.384 e. The van der Waals surface area contributed by atoms with Gasteiger partial charge in [0, 0.05) is 18.8 Å². The van der Waals surface area contributed by atoms with Gasteiger partial charge in [0.05, 0.1) is 0 Å². The van der Waals surface area contributed by atoms with Crippen LogP contribution in [0, 0.1) is 0 Å². The van der Waals surface area contributed by atoms with Gasteiger partial charge in [-0.2, -0.15) is 0 Å². The SMILES string of the molecule is C[C@H]1CCCN1Cc1ccnc(N)c1. The van der Waals surface area contributed by atoms with Gasteiger partial charge in [0.25, 0.3) is 0 Å². The van der Waals surface area contributed by atoms with Gasteiger partial charge in [0.15, 0.2) is 0 Å². The number of nitrogens with two attached hydrogens (primary N) is 1. The molecule has 2 heterocycles. The molecule has 3 heteroatoms. The smallest absolute Gasteiger partial charge is 0.123 e. The summed E-state index contributed by atoms with van der Waals surface area (Å²) in [4.78, 5) is 6.49. The highest BCUT2D eigenvalue weighted by molar-refractivity contribution is 5.31. The molecule has 0 radical (unpaired) electrons. The molecule has 0 unspecified atom stereocenters. The van der Waals surface area contributed by atoms with E-state index >= 15 is 0 Å². The topological polar surface area (TPSA) is 42.2 Å². The van der Waals surface area contributed by atoms with Crippen LogP contribution in [0.5, 0.6) is 0 Å². The molecule has 0 aromatic carbocycles. The highest BCUT2D eigenvalue weighted by atomic mass is 15.2. The molecule has 76 valence electrons. The van der Waals surface area contributed by atoms with E-state index in [9.17, 15) is 0 Å². The van der Waals surface area contributed by atoms with E-state index in [-0.39, 0.29) is 0 Å². The molecule has 1 aromatic heterocycles. The monoisotopic (exact) mass is 191 g/mol. The lowest BCUT2D eigenvalue weighted by molar-refractivity contribution is 0.260. The molecule has 1 aromatic rings. The first kappa shape index (κ1) is 9.46. The Hall–Kier alpha value is -1.09. The van der Waals surface area contributed by atoms with E-state index < -0.39 is 0 Å². The van der Waals surface area contributed by atoms with Crippen LogP contribution in [-0.4, -0.2) is 22.5 Å². The normalized spacial score (nSPS) is 22.8. The molecule has 1 saturated heterocycles. The Morgan fingerprint density at radius 3 is 3.14 bits per heavy atom. The lowest BCUT2D eigenvalue weighted by Gasteiger charge is -2.20. The first-order valence-corrected chi connectivity index (χ1v) is 5.20. The van der Waals surface area contributed by atoms with Gasteiger partial charge < -0.3 is 5.73 Å². The second-order valence-corrected chi connectivity index (χ2v) is 4.05. The summed E-state index contributed by atoms with van der Waals surface area (Å²) < 4.78 is 0. The number of nitrogen functional groups attached to an aromatic ring is 1. The van der Waals surface area contributed by atoms with E-state index in [0.29, 0.717) is 11.9 Å². The largest absolute Gasteiger partial charge is 0.384 e. The van der Waals surface area contributed by atoms with Gasteiger partial charge in [0.2, 0.25) is 0 Å². The van der Waals surface area contributed by atoms with Crippen molar-refractivity contribution in [3.8, 4) is 0 Å². The van der Waals surface area contributed by atoms with Crippen LogP contribution in [-0.2, 0) is 6.54 Å². The zero-order valence-electron chi connectivity index (χ0n) is 8.61. The Kier molecular flexibility index (Phi) is 2.68. The lowest BCUT2D eigenvalue weighted by atomic mass is 10.2. The van der Waals surface area contributed by atoms with Gasteiger partial charge in [-0.05, 0) is 44.0 Å². The number of hydrogen-bond acceptors (Lipinski definition) is 3. The summed E-state index contributed by atoms with van der Waals surface area (Å²) in [7, 11) is 0. The number of anilines is 1. The predicted octanol–water partition coefficient (Wildman–Crippen LogP) is 1.65. The third kappa shape index (κ3) is 2.04. The summed E-state index contributed by atoms with van der Waals surface area (Å²) in [6.07, 6.45) is 4.42. The molecule has 2 N–H and O–H groups in total. The Morgan fingerprint density at radius 2 is 2.50 bits per heavy atom. The summed E-state index contributed by atoms with van der Waals surface area (Å²) >= 11 is 0. The molecule has 0 bridgehead atoms. The number of nitrogens with zero attached hydrogens (tertiary/aromatic N) is 2. The summed E-state index contributed by atoms with van der Waals surface area (Å²) in [6, 6.07) is 4.72. The first-order valence-electron chi connectivity index (χ1n) is 5.20. The molecule has 1 fully saturated rings. The molecule has 0 saturated carbocycles. The molecule has 1 atom stereocenters. The van der Waals surface area contributed by atoms with Crippen LogP contribution < -0.4 is 5.73 Å². The number of likely N-dealkylation sites (tertiary alicyclic amines) is 1. The van der Waals surface area contributed by atoms with Crippen molar-refractivity contribution in [3.63, 3.8) is 0 Å². The van der Waals surface area contributed by atoms with Gasteiger partial charge in [0.1, 0.15) is 5.82 Å². The van der Waals surface area contributed by atoms with Crippen molar-refractivity contribution in [1.29, 1.82) is 0 Å². The fraction of sp³-hybridized carbons (Fsp3) is 0.545. The van der Waals surface area contributed by atoms with Crippen molar-refractivity contribution >= 4 is 5.82 Å². The van der Waals surface area contributed by atoms with E-state index in [1.54, 1.807) is 6.20 Å². The van der Waals surface area contributed by atoms with Gasteiger partial charge in [-0.25, -0.2) is 4.98 Å². The number of pyridine rings is 1. The summed E-state index contributed by atoms with van der Waals surface area (Å²) in [5.41, 5.74) is 6.91. The third-order valence-electron chi connectivity index (χ3n) is 2.92. The average Bonchev–Trinajstić information content (AvgIpc) is 2.52. The zero-order valence-corrected chi connectivity index (χ0v) is 8.61. The molecular weight excluding hydrogens is 174 g/mol. The van der Waals surface area contributed by atoms with Crippen LogP contribution in [0.15, 0.2) is 18.3 Å². The van der Waals surface area contributed by atoms with Crippen molar-refractivity contribution in [3.05, 3.63) is 23.9 Å². The molecule has 1 aliphatic rings. The zero-order chi connectivity index (χ0) is 9.97. The Bertz CT molecular complexity index is 311. The quantitative estimate of drug-likeness (QED) is 0.773. The average molecular weight is 191 g/mol. The molecule has 0 spiro atoms. The van der Waals surface area contributed by atoms with E-state index in [1.165, 1.54) is 24.9 Å².